The van der Waals surface area contributed by atoms with Crippen LogP contribution in [0.2, 0.25) is 0 Å². The summed E-state index contributed by atoms with van der Waals surface area (Å²) in [6, 6.07) is 7.86. The van der Waals surface area contributed by atoms with E-state index in [9.17, 15) is 14.7 Å². The fourth-order valence-corrected chi connectivity index (χ4v) is 5.58. The van der Waals surface area contributed by atoms with E-state index in [2.05, 4.69) is 4.57 Å². The third-order valence-electron chi connectivity index (χ3n) is 8.27. The maximum Gasteiger partial charge on any atom is 0.311 e. The molecule has 0 bridgehead atoms. The van der Waals surface area contributed by atoms with Crippen molar-refractivity contribution in [3.05, 3.63) is 46.4 Å². The lowest BCUT2D eigenvalue weighted by atomic mass is 9.94. The number of benzene rings is 1. The van der Waals surface area contributed by atoms with E-state index in [1.54, 1.807) is 18.5 Å². The summed E-state index contributed by atoms with van der Waals surface area (Å²) in [6.07, 6.45) is 7.16. The Morgan fingerprint density at radius 3 is 2.65 bits per heavy atom. The standard InChI is InChI=1S/C31H41N3O6/c1-20-16-23(19-33(3)30(20)36)29-32-27-17-25(9-10-28(27)34(29)18-22-11-14-38-15-12-22)39-13-5-8-26(21(2)35)31(37)40-24-6-4-7-24/h9-10,16-17,19,21-22,24,26,35H,4-8,11-15,18H2,1-3H3/t21-,26+/m1/s1. The predicted molar refractivity (Wildman–Crippen MR) is 152 cm³/mol. The average molecular weight is 552 g/mol. The van der Waals surface area contributed by atoms with E-state index in [1.165, 1.54) is 0 Å². The maximum absolute atomic E-state index is 12.5. The van der Waals surface area contributed by atoms with E-state index in [0.717, 1.165) is 74.3 Å². The van der Waals surface area contributed by atoms with Crippen molar-refractivity contribution in [2.24, 2.45) is 18.9 Å². The Kier molecular flexibility index (Phi) is 8.90. The van der Waals surface area contributed by atoms with Crippen molar-refractivity contribution in [3.8, 4) is 17.1 Å². The molecule has 1 N–H and O–H groups in total. The molecule has 2 aliphatic rings. The molecule has 3 aromatic rings. The minimum absolute atomic E-state index is 0.0116. The van der Waals surface area contributed by atoms with Gasteiger partial charge >= 0.3 is 5.97 Å². The largest absolute Gasteiger partial charge is 0.494 e. The maximum atomic E-state index is 12.5. The van der Waals surface area contributed by atoms with Crippen molar-refractivity contribution in [1.29, 1.82) is 0 Å². The highest BCUT2D eigenvalue weighted by Gasteiger charge is 2.29. The van der Waals surface area contributed by atoms with E-state index >= 15 is 0 Å². The number of pyridine rings is 1. The number of nitrogens with zero attached hydrogens (tertiary/aromatic N) is 3. The first-order valence-electron chi connectivity index (χ1n) is 14.6. The number of hydrogen-bond donors (Lipinski definition) is 1. The molecule has 1 aliphatic heterocycles. The van der Waals surface area contributed by atoms with Gasteiger partial charge in [0, 0.05) is 50.2 Å². The van der Waals surface area contributed by atoms with Crippen molar-refractivity contribution in [2.45, 2.75) is 77.5 Å². The van der Waals surface area contributed by atoms with Gasteiger partial charge in [-0.3, -0.25) is 9.59 Å². The highest BCUT2D eigenvalue weighted by atomic mass is 16.5. The van der Waals surface area contributed by atoms with Gasteiger partial charge in [0.2, 0.25) is 0 Å². The molecule has 0 amide bonds. The van der Waals surface area contributed by atoms with Gasteiger partial charge in [-0.2, -0.15) is 0 Å². The molecule has 1 saturated heterocycles. The fourth-order valence-electron chi connectivity index (χ4n) is 5.58. The molecule has 1 aromatic carbocycles. The van der Waals surface area contributed by atoms with Gasteiger partial charge in [-0.05, 0) is 82.9 Å². The Morgan fingerprint density at radius 1 is 1.20 bits per heavy atom. The van der Waals surface area contributed by atoms with Crippen LogP contribution in [0.3, 0.4) is 0 Å². The second-order valence-corrected chi connectivity index (χ2v) is 11.4. The van der Waals surface area contributed by atoms with Crippen LogP contribution in [0.1, 0.15) is 57.4 Å². The lowest BCUT2D eigenvalue weighted by molar-refractivity contribution is -0.162. The first kappa shape index (κ1) is 28.4. The summed E-state index contributed by atoms with van der Waals surface area (Å²) in [5.41, 5.74) is 3.43. The molecule has 9 heteroatoms. The van der Waals surface area contributed by atoms with Crippen LogP contribution in [0.25, 0.3) is 22.4 Å². The van der Waals surface area contributed by atoms with Gasteiger partial charge in [0.1, 0.15) is 17.7 Å². The first-order chi connectivity index (χ1) is 19.3. The molecular formula is C31H41N3O6. The van der Waals surface area contributed by atoms with Gasteiger partial charge in [-0.1, -0.05) is 0 Å². The molecule has 0 radical (unpaired) electrons. The lowest BCUT2D eigenvalue weighted by Crippen LogP contribution is -2.33. The molecule has 216 valence electrons. The first-order valence-corrected chi connectivity index (χ1v) is 14.6. The topological polar surface area (TPSA) is 105 Å². The van der Waals surface area contributed by atoms with Crippen molar-refractivity contribution in [3.63, 3.8) is 0 Å². The minimum Gasteiger partial charge on any atom is -0.494 e. The molecule has 0 spiro atoms. The Balaban J connectivity index is 1.31. The Labute approximate surface area is 235 Å². The van der Waals surface area contributed by atoms with Crippen molar-refractivity contribution in [1.82, 2.24) is 14.1 Å². The Morgan fingerprint density at radius 2 is 1.98 bits per heavy atom. The number of rotatable bonds is 11. The van der Waals surface area contributed by atoms with Gasteiger partial charge in [0.05, 0.1) is 29.7 Å². The number of imidazole rings is 1. The summed E-state index contributed by atoms with van der Waals surface area (Å²) in [5, 5.41) is 10.1. The zero-order valence-electron chi connectivity index (χ0n) is 23.8. The van der Waals surface area contributed by atoms with E-state index in [-0.39, 0.29) is 17.6 Å². The number of aliphatic hydroxyl groups excluding tert-OH is 1. The number of aromatic nitrogens is 3. The molecule has 40 heavy (non-hydrogen) atoms. The highest BCUT2D eigenvalue weighted by molar-refractivity contribution is 5.82. The van der Waals surface area contributed by atoms with Crippen LogP contribution < -0.4 is 10.3 Å². The number of aliphatic hydroxyl groups is 1. The van der Waals surface area contributed by atoms with Crippen LogP contribution in [-0.2, 0) is 27.9 Å². The summed E-state index contributed by atoms with van der Waals surface area (Å²) in [4.78, 5) is 29.8. The van der Waals surface area contributed by atoms with Crippen LogP contribution in [0.15, 0.2) is 35.3 Å². The summed E-state index contributed by atoms with van der Waals surface area (Å²) in [7, 11) is 1.77. The minimum atomic E-state index is -0.761. The predicted octanol–water partition coefficient (Wildman–Crippen LogP) is 4.39. The second-order valence-electron chi connectivity index (χ2n) is 11.4. The number of fused-ring (bicyclic) bond motifs is 1. The van der Waals surface area contributed by atoms with E-state index in [0.29, 0.717) is 36.7 Å². The number of carbonyl (C=O) groups excluding carboxylic acids is 1. The fraction of sp³-hybridized carbons (Fsp3) is 0.581. The Hall–Kier alpha value is -3.17. The number of hydrogen-bond acceptors (Lipinski definition) is 7. The van der Waals surface area contributed by atoms with Crippen molar-refractivity contribution < 1.29 is 24.1 Å². The molecule has 3 heterocycles. The molecule has 2 aromatic heterocycles. The van der Waals surface area contributed by atoms with Crippen molar-refractivity contribution >= 4 is 17.0 Å². The Bertz CT molecular complexity index is 1360. The van der Waals surface area contributed by atoms with Crippen LogP contribution >= 0.6 is 0 Å². The van der Waals surface area contributed by atoms with E-state index < -0.39 is 12.0 Å². The van der Waals surface area contributed by atoms with Gasteiger partial charge in [-0.15, -0.1) is 0 Å². The van der Waals surface area contributed by atoms with Gasteiger partial charge < -0.3 is 28.5 Å². The van der Waals surface area contributed by atoms with E-state index in [4.69, 9.17) is 19.2 Å². The molecule has 1 saturated carbocycles. The molecular weight excluding hydrogens is 510 g/mol. The summed E-state index contributed by atoms with van der Waals surface area (Å²) in [5.74, 6) is 1.18. The zero-order valence-corrected chi connectivity index (χ0v) is 23.8. The van der Waals surface area contributed by atoms with Crippen LogP contribution in [0.4, 0.5) is 0 Å². The normalized spacial score (nSPS) is 17.9. The molecule has 2 atom stereocenters. The van der Waals surface area contributed by atoms with Gasteiger partial charge in [0.25, 0.3) is 5.56 Å². The van der Waals surface area contributed by atoms with E-state index in [1.807, 2.05) is 37.4 Å². The average Bonchev–Trinajstić information content (AvgIpc) is 3.26. The second kappa shape index (κ2) is 12.6. The highest BCUT2D eigenvalue weighted by Crippen LogP contribution is 2.31. The molecule has 1 aliphatic carbocycles. The number of esters is 1. The monoisotopic (exact) mass is 551 g/mol. The SMILES string of the molecule is Cc1cc(-c2nc3cc(OCCC[C@H](C(=O)OC4CCC4)[C@@H](C)O)ccc3n2CC2CCOCC2)cn(C)c1=O. The molecule has 5 rings (SSSR count). The van der Waals surface area contributed by atoms with Gasteiger partial charge in [0.15, 0.2) is 0 Å². The zero-order chi connectivity index (χ0) is 28.2. The number of aryl methyl sites for hydroxylation is 2. The van der Waals surface area contributed by atoms with Crippen LogP contribution in [0.5, 0.6) is 5.75 Å². The van der Waals surface area contributed by atoms with Gasteiger partial charge in [-0.25, -0.2) is 4.98 Å². The van der Waals surface area contributed by atoms with Crippen molar-refractivity contribution in [2.75, 3.05) is 19.8 Å². The molecule has 0 unspecified atom stereocenters. The summed E-state index contributed by atoms with van der Waals surface area (Å²) < 4.78 is 21.0. The van der Waals surface area contributed by atoms with Crippen LogP contribution in [0, 0.1) is 18.8 Å². The third-order valence-corrected chi connectivity index (χ3v) is 8.27. The quantitative estimate of drug-likeness (QED) is 0.278. The lowest BCUT2D eigenvalue weighted by Gasteiger charge is -2.28. The van der Waals surface area contributed by atoms with Crippen LogP contribution in [-0.4, -0.2) is 57.2 Å². The molecule has 2 fully saturated rings. The summed E-state index contributed by atoms with van der Waals surface area (Å²) in [6.45, 7) is 6.27. The summed E-state index contributed by atoms with van der Waals surface area (Å²) >= 11 is 0. The number of carbonyl (C=O) groups is 1. The number of ether oxygens (including phenoxy) is 3. The molecule has 9 nitrogen and oxygen atoms in total. The third kappa shape index (κ3) is 6.41. The smallest absolute Gasteiger partial charge is 0.311 e.